The average molecular weight is 316 g/mol. The van der Waals surface area contributed by atoms with Crippen molar-refractivity contribution in [2.45, 2.75) is 13.0 Å². The summed E-state index contributed by atoms with van der Waals surface area (Å²) in [6, 6.07) is 19.4. The van der Waals surface area contributed by atoms with E-state index in [0.717, 1.165) is 11.3 Å². The van der Waals surface area contributed by atoms with E-state index in [4.69, 9.17) is 5.26 Å². The third-order valence-electron chi connectivity index (χ3n) is 3.49. The van der Waals surface area contributed by atoms with Crippen LogP contribution in [-0.4, -0.2) is 15.2 Å². The van der Waals surface area contributed by atoms with Crippen LogP contribution in [0.4, 0.5) is 17.5 Å². The quantitative estimate of drug-likeness (QED) is 0.747. The summed E-state index contributed by atoms with van der Waals surface area (Å²) in [7, 11) is 0. The highest BCUT2D eigenvalue weighted by molar-refractivity contribution is 5.55. The highest BCUT2D eigenvalue weighted by atomic mass is 15.3. The highest BCUT2D eigenvalue weighted by Gasteiger charge is 2.07. The first-order valence-corrected chi connectivity index (χ1v) is 7.53. The lowest BCUT2D eigenvalue weighted by Crippen LogP contribution is -2.09. The second-order valence-electron chi connectivity index (χ2n) is 5.26. The van der Waals surface area contributed by atoms with Gasteiger partial charge in [0.15, 0.2) is 5.82 Å². The summed E-state index contributed by atoms with van der Waals surface area (Å²) in [6.07, 6.45) is 1.59. The molecule has 1 atom stereocenters. The fourth-order valence-corrected chi connectivity index (χ4v) is 2.23. The number of hydrogen-bond donors (Lipinski definition) is 2. The summed E-state index contributed by atoms with van der Waals surface area (Å²) < 4.78 is 0. The van der Waals surface area contributed by atoms with Crippen LogP contribution in [0.2, 0.25) is 0 Å². The van der Waals surface area contributed by atoms with Crippen LogP contribution in [0.25, 0.3) is 0 Å². The molecule has 0 aliphatic heterocycles. The van der Waals surface area contributed by atoms with Gasteiger partial charge in [0, 0.05) is 11.7 Å². The smallest absolute Gasteiger partial charge is 0.249 e. The summed E-state index contributed by atoms with van der Waals surface area (Å²) in [5.74, 6) is 1.03. The molecular formula is C18H16N6. The zero-order valence-electron chi connectivity index (χ0n) is 13.1. The molecule has 0 fully saturated rings. The van der Waals surface area contributed by atoms with Crippen LogP contribution >= 0.6 is 0 Å². The van der Waals surface area contributed by atoms with Gasteiger partial charge in [0.2, 0.25) is 5.95 Å². The number of benzene rings is 2. The molecule has 0 aliphatic carbocycles. The van der Waals surface area contributed by atoms with Crippen molar-refractivity contribution < 1.29 is 0 Å². The van der Waals surface area contributed by atoms with E-state index in [1.165, 1.54) is 0 Å². The third-order valence-corrected chi connectivity index (χ3v) is 3.49. The Morgan fingerprint density at radius 3 is 2.50 bits per heavy atom. The van der Waals surface area contributed by atoms with E-state index in [9.17, 15) is 0 Å². The number of rotatable bonds is 5. The van der Waals surface area contributed by atoms with Crippen molar-refractivity contribution in [1.82, 2.24) is 15.2 Å². The summed E-state index contributed by atoms with van der Waals surface area (Å²) >= 11 is 0. The zero-order chi connectivity index (χ0) is 16.8. The second-order valence-corrected chi connectivity index (χ2v) is 5.26. The Balaban J connectivity index is 1.70. The van der Waals surface area contributed by atoms with Gasteiger partial charge >= 0.3 is 0 Å². The molecule has 6 heteroatoms. The molecule has 0 aliphatic rings. The maximum absolute atomic E-state index is 8.82. The Morgan fingerprint density at radius 1 is 1.04 bits per heavy atom. The molecule has 118 valence electrons. The molecule has 3 rings (SSSR count). The summed E-state index contributed by atoms with van der Waals surface area (Å²) in [6.45, 7) is 2.06. The molecule has 1 aromatic heterocycles. The number of nitrogens with zero attached hydrogens (tertiary/aromatic N) is 4. The molecular weight excluding hydrogens is 300 g/mol. The maximum Gasteiger partial charge on any atom is 0.249 e. The van der Waals surface area contributed by atoms with Crippen LogP contribution in [0.15, 0.2) is 60.8 Å². The second kappa shape index (κ2) is 7.20. The average Bonchev–Trinajstić information content (AvgIpc) is 2.63. The van der Waals surface area contributed by atoms with Crippen molar-refractivity contribution in [3.8, 4) is 6.07 Å². The first-order valence-electron chi connectivity index (χ1n) is 7.53. The first-order chi connectivity index (χ1) is 11.7. The van der Waals surface area contributed by atoms with Gasteiger partial charge < -0.3 is 10.6 Å². The molecule has 2 aromatic carbocycles. The van der Waals surface area contributed by atoms with Gasteiger partial charge in [0.1, 0.15) is 0 Å². The molecule has 0 amide bonds. The van der Waals surface area contributed by atoms with Crippen molar-refractivity contribution in [3.63, 3.8) is 0 Å². The Morgan fingerprint density at radius 2 is 1.79 bits per heavy atom. The summed E-state index contributed by atoms with van der Waals surface area (Å²) in [5.41, 5.74) is 2.56. The predicted molar refractivity (Wildman–Crippen MR) is 92.7 cm³/mol. The van der Waals surface area contributed by atoms with Gasteiger partial charge in [-0.15, -0.1) is 5.10 Å². The molecule has 0 saturated carbocycles. The molecule has 1 heterocycles. The zero-order valence-corrected chi connectivity index (χ0v) is 13.1. The van der Waals surface area contributed by atoms with Crippen molar-refractivity contribution in [2.24, 2.45) is 0 Å². The van der Waals surface area contributed by atoms with E-state index >= 15 is 0 Å². The Labute approximate surface area is 140 Å². The van der Waals surface area contributed by atoms with E-state index in [0.29, 0.717) is 17.3 Å². The topological polar surface area (TPSA) is 86.5 Å². The molecule has 0 saturated heterocycles. The Bertz CT molecular complexity index is 839. The highest BCUT2D eigenvalue weighted by Crippen LogP contribution is 2.18. The van der Waals surface area contributed by atoms with Crippen LogP contribution in [-0.2, 0) is 0 Å². The third kappa shape index (κ3) is 3.84. The van der Waals surface area contributed by atoms with Gasteiger partial charge in [-0.2, -0.15) is 15.3 Å². The first kappa shape index (κ1) is 15.4. The maximum atomic E-state index is 8.82. The standard InChI is InChI=1S/C18H16N6/c1-13(15-5-3-2-4-6-15)21-17-12-20-24-18(23-17)22-16-9-7-14(11-19)8-10-16/h2-10,12-13H,1H3,(H2,21,22,23,24). The van der Waals surface area contributed by atoms with Crippen LogP contribution in [0.3, 0.4) is 0 Å². The van der Waals surface area contributed by atoms with Crippen molar-refractivity contribution >= 4 is 17.5 Å². The molecule has 0 radical (unpaired) electrons. The van der Waals surface area contributed by atoms with Crippen molar-refractivity contribution in [3.05, 3.63) is 71.9 Å². The van der Waals surface area contributed by atoms with Gasteiger partial charge in [0.25, 0.3) is 0 Å². The molecule has 0 spiro atoms. The monoisotopic (exact) mass is 316 g/mol. The van der Waals surface area contributed by atoms with E-state index in [1.54, 1.807) is 30.5 Å². The molecule has 24 heavy (non-hydrogen) atoms. The van der Waals surface area contributed by atoms with E-state index in [1.807, 2.05) is 18.2 Å². The number of anilines is 3. The van der Waals surface area contributed by atoms with Gasteiger partial charge in [0.05, 0.1) is 17.8 Å². The SMILES string of the molecule is CC(Nc1cnnc(Nc2ccc(C#N)cc2)n1)c1ccccc1. The minimum absolute atomic E-state index is 0.102. The van der Waals surface area contributed by atoms with E-state index in [-0.39, 0.29) is 6.04 Å². The molecule has 3 aromatic rings. The fraction of sp³-hybridized carbons (Fsp3) is 0.111. The number of hydrogen-bond acceptors (Lipinski definition) is 6. The Kier molecular flexibility index (Phi) is 4.63. The molecule has 0 bridgehead atoms. The van der Waals surface area contributed by atoms with Crippen LogP contribution in [0.5, 0.6) is 0 Å². The number of nitriles is 1. The van der Waals surface area contributed by atoms with E-state index in [2.05, 4.69) is 50.9 Å². The van der Waals surface area contributed by atoms with Crippen LogP contribution < -0.4 is 10.6 Å². The van der Waals surface area contributed by atoms with Gasteiger partial charge in [-0.3, -0.25) is 0 Å². The lowest BCUT2D eigenvalue weighted by Gasteiger charge is -2.15. The van der Waals surface area contributed by atoms with E-state index < -0.39 is 0 Å². The van der Waals surface area contributed by atoms with Crippen LogP contribution in [0, 0.1) is 11.3 Å². The number of aromatic nitrogens is 3. The van der Waals surface area contributed by atoms with Gasteiger partial charge in [-0.25, -0.2) is 0 Å². The minimum Gasteiger partial charge on any atom is -0.362 e. The number of nitrogens with one attached hydrogen (secondary N) is 2. The largest absolute Gasteiger partial charge is 0.362 e. The predicted octanol–water partition coefficient (Wildman–Crippen LogP) is 3.66. The lowest BCUT2D eigenvalue weighted by molar-refractivity contribution is 0.861. The fourth-order valence-electron chi connectivity index (χ4n) is 2.23. The normalized spacial score (nSPS) is 11.3. The Hall–Kier alpha value is -3.46. The van der Waals surface area contributed by atoms with Gasteiger partial charge in [-0.05, 0) is 36.8 Å². The summed E-state index contributed by atoms with van der Waals surface area (Å²) in [5, 5.41) is 23.2. The van der Waals surface area contributed by atoms with Crippen molar-refractivity contribution in [2.75, 3.05) is 10.6 Å². The minimum atomic E-state index is 0.102. The van der Waals surface area contributed by atoms with Crippen LogP contribution in [0.1, 0.15) is 24.1 Å². The molecule has 2 N–H and O–H groups in total. The van der Waals surface area contributed by atoms with Gasteiger partial charge in [-0.1, -0.05) is 30.3 Å². The summed E-state index contributed by atoms with van der Waals surface area (Å²) in [4.78, 5) is 4.42. The van der Waals surface area contributed by atoms with Crippen molar-refractivity contribution in [1.29, 1.82) is 5.26 Å². The lowest BCUT2D eigenvalue weighted by atomic mass is 10.1. The molecule has 1 unspecified atom stereocenters. The molecule has 6 nitrogen and oxygen atoms in total.